The van der Waals surface area contributed by atoms with Crippen LogP contribution < -0.4 is 0 Å². The highest BCUT2D eigenvalue weighted by Gasteiger charge is 2.42. The normalized spacial score (nSPS) is 25.2. The van der Waals surface area contributed by atoms with Gasteiger partial charge in [-0.15, -0.1) is 0 Å². The highest BCUT2D eigenvalue weighted by atomic mass is 19.1. The lowest BCUT2D eigenvalue weighted by molar-refractivity contribution is -0.148. The van der Waals surface area contributed by atoms with Crippen LogP contribution in [0.2, 0.25) is 0 Å². The van der Waals surface area contributed by atoms with E-state index in [9.17, 15) is 19.1 Å². The number of likely N-dealkylation sites (tertiary alicyclic amines) is 2. The third kappa shape index (κ3) is 2.70. The van der Waals surface area contributed by atoms with Gasteiger partial charge in [0.15, 0.2) is 0 Å². The van der Waals surface area contributed by atoms with E-state index < -0.39 is 6.10 Å². The summed E-state index contributed by atoms with van der Waals surface area (Å²) in [6, 6.07) is 5.81. The molecule has 2 fully saturated rings. The number of aliphatic hydroxyl groups is 1. The molecule has 0 spiro atoms. The molecule has 2 saturated heterocycles. The Hall–Kier alpha value is -1.95. The largest absolute Gasteiger partial charge is 0.391 e. The molecule has 1 aromatic carbocycles. The Balaban J connectivity index is 1.72. The van der Waals surface area contributed by atoms with Gasteiger partial charge in [0, 0.05) is 26.6 Å². The summed E-state index contributed by atoms with van der Waals surface area (Å²) in [7, 11) is 0. The first-order valence-electron chi connectivity index (χ1n) is 7.45. The Morgan fingerprint density at radius 3 is 2.41 bits per heavy atom. The smallest absolute Gasteiger partial charge is 0.229 e. The first-order valence-corrected chi connectivity index (χ1v) is 7.45. The minimum atomic E-state index is -0.567. The topological polar surface area (TPSA) is 60.9 Å². The van der Waals surface area contributed by atoms with Gasteiger partial charge >= 0.3 is 0 Å². The van der Waals surface area contributed by atoms with E-state index in [2.05, 4.69) is 0 Å². The van der Waals surface area contributed by atoms with Gasteiger partial charge in [-0.2, -0.15) is 0 Å². The predicted octanol–water partition coefficient (Wildman–Crippen LogP) is 0.938. The molecule has 5 nitrogen and oxygen atoms in total. The summed E-state index contributed by atoms with van der Waals surface area (Å²) in [6.45, 7) is 2.66. The van der Waals surface area contributed by atoms with Crippen molar-refractivity contribution in [1.29, 1.82) is 0 Å². The predicted molar refractivity (Wildman–Crippen MR) is 77.2 cm³/mol. The minimum absolute atomic E-state index is 0.0272. The Bertz CT molecular complexity index is 584. The third-order valence-corrected chi connectivity index (χ3v) is 4.49. The second kappa shape index (κ2) is 5.68. The van der Waals surface area contributed by atoms with E-state index in [4.69, 9.17) is 0 Å². The number of amides is 2. The van der Waals surface area contributed by atoms with Gasteiger partial charge in [-0.05, 0) is 24.1 Å². The van der Waals surface area contributed by atoms with Crippen LogP contribution in [-0.4, -0.2) is 52.5 Å². The van der Waals surface area contributed by atoms with Crippen LogP contribution in [0.15, 0.2) is 24.3 Å². The van der Waals surface area contributed by atoms with Crippen molar-refractivity contribution in [2.45, 2.75) is 25.5 Å². The number of hydrogen-bond donors (Lipinski definition) is 1. The maximum absolute atomic E-state index is 13.0. The zero-order chi connectivity index (χ0) is 15.9. The van der Waals surface area contributed by atoms with Gasteiger partial charge in [-0.3, -0.25) is 9.59 Å². The van der Waals surface area contributed by atoms with Crippen molar-refractivity contribution < 1.29 is 19.1 Å². The Kier molecular flexibility index (Phi) is 3.87. The van der Waals surface area contributed by atoms with E-state index in [1.54, 1.807) is 21.9 Å². The quantitative estimate of drug-likeness (QED) is 0.884. The lowest BCUT2D eigenvalue weighted by Gasteiger charge is -2.40. The average Bonchev–Trinajstić information content (AvgIpc) is 2.79. The van der Waals surface area contributed by atoms with Crippen LogP contribution in [0.1, 0.15) is 24.9 Å². The van der Waals surface area contributed by atoms with E-state index in [1.165, 1.54) is 19.1 Å². The maximum atomic E-state index is 13.0. The number of benzene rings is 1. The Morgan fingerprint density at radius 1 is 1.18 bits per heavy atom. The van der Waals surface area contributed by atoms with Crippen molar-refractivity contribution in [1.82, 2.24) is 9.80 Å². The van der Waals surface area contributed by atoms with Crippen molar-refractivity contribution in [3.05, 3.63) is 35.6 Å². The molecule has 0 saturated carbocycles. The number of carbonyl (C=O) groups is 2. The summed E-state index contributed by atoms with van der Waals surface area (Å²) in [4.78, 5) is 27.1. The molecule has 0 aliphatic carbocycles. The first-order chi connectivity index (χ1) is 10.5. The average molecular weight is 306 g/mol. The van der Waals surface area contributed by atoms with E-state index in [-0.39, 0.29) is 36.1 Å². The fourth-order valence-corrected chi connectivity index (χ4v) is 3.18. The van der Waals surface area contributed by atoms with Gasteiger partial charge in [0.2, 0.25) is 11.8 Å². The molecule has 0 unspecified atom stereocenters. The number of hydrogen-bond acceptors (Lipinski definition) is 3. The molecule has 3 rings (SSSR count). The van der Waals surface area contributed by atoms with Crippen LogP contribution in [0.25, 0.3) is 0 Å². The fraction of sp³-hybridized carbons (Fsp3) is 0.500. The van der Waals surface area contributed by atoms with E-state index in [1.807, 2.05) is 0 Å². The molecular formula is C16H19FN2O3. The molecule has 6 heteroatoms. The second-order valence-corrected chi connectivity index (χ2v) is 6.07. The van der Waals surface area contributed by atoms with Crippen molar-refractivity contribution in [3.8, 4) is 0 Å². The molecule has 2 heterocycles. The molecule has 1 N–H and O–H groups in total. The van der Waals surface area contributed by atoms with Crippen molar-refractivity contribution >= 4 is 11.8 Å². The highest BCUT2D eigenvalue weighted by molar-refractivity contribution is 5.84. The Labute approximate surface area is 128 Å². The number of aliphatic hydroxyl groups excluding tert-OH is 1. The third-order valence-electron chi connectivity index (χ3n) is 4.49. The molecule has 2 aliphatic heterocycles. The zero-order valence-electron chi connectivity index (χ0n) is 12.4. The maximum Gasteiger partial charge on any atom is 0.229 e. The number of halogens is 1. The molecule has 2 amide bonds. The van der Waals surface area contributed by atoms with Gasteiger partial charge in [-0.1, -0.05) is 12.1 Å². The summed E-state index contributed by atoms with van der Waals surface area (Å²) in [5.41, 5.74) is 0.828. The highest BCUT2D eigenvalue weighted by Crippen LogP contribution is 2.34. The molecule has 118 valence electrons. The number of nitrogens with zero attached hydrogens (tertiary/aromatic N) is 2. The van der Waals surface area contributed by atoms with Gasteiger partial charge < -0.3 is 14.9 Å². The zero-order valence-corrected chi connectivity index (χ0v) is 12.4. The first kappa shape index (κ1) is 15.0. The molecule has 0 radical (unpaired) electrons. The van der Waals surface area contributed by atoms with Crippen molar-refractivity contribution in [3.63, 3.8) is 0 Å². The van der Waals surface area contributed by atoms with Crippen LogP contribution in [-0.2, 0) is 9.59 Å². The summed E-state index contributed by atoms with van der Waals surface area (Å²) < 4.78 is 13.0. The minimum Gasteiger partial charge on any atom is -0.391 e. The van der Waals surface area contributed by atoms with Gasteiger partial charge in [0.1, 0.15) is 5.82 Å². The lowest BCUT2D eigenvalue weighted by Crippen LogP contribution is -2.55. The summed E-state index contributed by atoms with van der Waals surface area (Å²) in [6.07, 6.45) is -0.108. The van der Waals surface area contributed by atoms with Gasteiger partial charge in [0.05, 0.1) is 18.1 Å². The number of rotatable bonds is 2. The number of β-amino-alcohol motifs (C(OH)–C–C–N with tert-alkyl or cyclic N) is 1. The van der Waals surface area contributed by atoms with E-state index >= 15 is 0 Å². The second-order valence-electron chi connectivity index (χ2n) is 6.07. The summed E-state index contributed by atoms with van der Waals surface area (Å²) in [5.74, 6) is -0.586. The number of carbonyl (C=O) groups excluding carboxylic acids is 2. The fourth-order valence-electron chi connectivity index (χ4n) is 3.18. The summed E-state index contributed by atoms with van der Waals surface area (Å²) in [5, 5.41) is 9.92. The van der Waals surface area contributed by atoms with Crippen LogP contribution in [0.3, 0.4) is 0 Å². The monoisotopic (exact) mass is 306 g/mol. The molecule has 22 heavy (non-hydrogen) atoms. The standard InChI is InChI=1S/C16H19FN2O3/c1-10(20)18-7-12(8-18)16(22)19-9-14(21)6-15(19)11-2-4-13(17)5-3-11/h2-5,12,14-15,21H,6-9H2,1H3/t14-,15-/m1/s1. The van der Waals surface area contributed by atoms with Crippen LogP contribution in [0.4, 0.5) is 4.39 Å². The van der Waals surface area contributed by atoms with Crippen molar-refractivity contribution in [2.24, 2.45) is 5.92 Å². The molecule has 1 aromatic rings. The molecular weight excluding hydrogens is 287 g/mol. The molecule has 0 bridgehead atoms. The van der Waals surface area contributed by atoms with Crippen molar-refractivity contribution in [2.75, 3.05) is 19.6 Å². The van der Waals surface area contributed by atoms with E-state index in [0.29, 0.717) is 19.5 Å². The molecule has 2 aliphatic rings. The van der Waals surface area contributed by atoms with Crippen LogP contribution in [0.5, 0.6) is 0 Å². The molecule has 2 atom stereocenters. The molecule has 0 aromatic heterocycles. The lowest BCUT2D eigenvalue weighted by atomic mass is 9.96. The Morgan fingerprint density at radius 2 is 1.82 bits per heavy atom. The van der Waals surface area contributed by atoms with Crippen LogP contribution >= 0.6 is 0 Å². The SMILES string of the molecule is CC(=O)N1CC(C(=O)N2C[C@H](O)C[C@@H]2c2ccc(F)cc2)C1. The van der Waals surface area contributed by atoms with Gasteiger partial charge in [-0.25, -0.2) is 4.39 Å². The van der Waals surface area contributed by atoms with Crippen LogP contribution in [0, 0.1) is 11.7 Å². The summed E-state index contributed by atoms with van der Waals surface area (Å²) >= 11 is 0. The van der Waals surface area contributed by atoms with E-state index in [0.717, 1.165) is 5.56 Å². The van der Waals surface area contributed by atoms with Gasteiger partial charge in [0.25, 0.3) is 0 Å².